The van der Waals surface area contributed by atoms with Crippen molar-refractivity contribution in [1.82, 2.24) is 0 Å². The Morgan fingerprint density at radius 2 is 1.11 bits per heavy atom. The van der Waals surface area contributed by atoms with Gasteiger partial charge in [0, 0.05) is 0 Å². The van der Waals surface area contributed by atoms with E-state index in [1.165, 1.54) is 32.1 Å². The van der Waals surface area contributed by atoms with Crippen molar-refractivity contribution in [2.45, 2.75) is 153 Å². The van der Waals surface area contributed by atoms with Gasteiger partial charge in [0.1, 0.15) is 0 Å². The number of epoxide rings is 1. The zero-order valence-corrected chi connectivity index (χ0v) is 28.0. The minimum absolute atomic E-state index is 0.128. The van der Waals surface area contributed by atoms with E-state index in [0.29, 0.717) is 18.1 Å². The Labute approximate surface area is 225 Å². The molecule has 0 aromatic heterocycles. The van der Waals surface area contributed by atoms with Gasteiger partial charge in [0.05, 0.1) is 18.3 Å². The molecule has 0 bridgehead atoms. The highest BCUT2D eigenvalue weighted by Crippen LogP contribution is 2.44. The number of fused-ring (bicyclic) bond motifs is 1. The molecule has 0 amide bonds. The minimum atomic E-state index is -2.49. The average Bonchev–Trinajstić information content (AvgIpc) is 3.54. The van der Waals surface area contributed by atoms with Gasteiger partial charge in [-0.3, -0.25) is 0 Å². The van der Waals surface area contributed by atoms with Gasteiger partial charge in [0.2, 0.25) is 0 Å². The molecule has 7 atom stereocenters. The summed E-state index contributed by atoms with van der Waals surface area (Å²) < 4.78 is 34.7. The summed E-state index contributed by atoms with van der Waals surface area (Å²) in [5.74, 6) is 1.32. The third-order valence-corrected chi connectivity index (χ3v) is 28.0. The number of hydrogen-bond acceptors (Lipinski definition) is 6. The van der Waals surface area contributed by atoms with E-state index in [0.717, 1.165) is 68.6 Å². The predicted octanol–water partition coefficient (Wildman–Crippen LogP) is 7.07. The maximum Gasteiger partial charge on any atom is 0.317 e. The summed E-state index contributed by atoms with van der Waals surface area (Å²) in [5.41, 5.74) is 0. The SMILES string of the molecule is CCC[Si]1(C)O[Si](C)(CCC2CCCC(O)C2)O[Si](C)(CCC)O[Si](C)(CCC2CCC3OC3C2)O1. The minimum Gasteiger partial charge on any atom is -0.416 e. The number of rotatable bonds is 10. The van der Waals surface area contributed by atoms with Crippen LogP contribution in [0.5, 0.6) is 0 Å². The fraction of sp³-hybridized carbons (Fsp3) is 1.00. The second kappa shape index (κ2) is 12.0. The molecular weight excluding hydrogens is 521 g/mol. The Balaban J connectivity index is 1.49. The van der Waals surface area contributed by atoms with E-state index in [1.54, 1.807) is 0 Å². The van der Waals surface area contributed by atoms with Gasteiger partial charge in [-0.2, -0.15) is 0 Å². The molecule has 2 heterocycles. The largest absolute Gasteiger partial charge is 0.416 e. The van der Waals surface area contributed by atoms with E-state index in [-0.39, 0.29) is 6.10 Å². The fourth-order valence-electron chi connectivity index (χ4n) is 7.43. The normalized spacial score (nSPS) is 47.6. The predicted molar refractivity (Wildman–Crippen MR) is 154 cm³/mol. The first-order chi connectivity index (χ1) is 17.0. The molecule has 4 fully saturated rings. The van der Waals surface area contributed by atoms with Crippen LogP contribution in [0.2, 0.25) is 50.4 Å². The summed E-state index contributed by atoms with van der Waals surface area (Å²) in [6, 6.07) is 4.03. The van der Waals surface area contributed by atoms with Crippen molar-refractivity contribution in [3.8, 4) is 0 Å². The van der Waals surface area contributed by atoms with Gasteiger partial charge < -0.3 is 26.3 Å². The first-order valence-electron chi connectivity index (χ1n) is 15.1. The number of aliphatic hydroxyl groups is 1. The summed E-state index contributed by atoms with van der Waals surface area (Å²) in [6.45, 7) is 13.7. The zero-order valence-electron chi connectivity index (χ0n) is 24.0. The van der Waals surface area contributed by atoms with E-state index in [4.69, 9.17) is 21.2 Å². The highest BCUT2D eigenvalue weighted by molar-refractivity contribution is 6.93. The van der Waals surface area contributed by atoms with Crippen LogP contribution in [0.3, 0.4) is 0 Å². The molecule has 1 N–H and O–H groups in total. The van der Waals surface area contributed by atoms with Crippen molar-refractivity contribution in [2.24, 2.45) is 11.8 Å². The molecule has 2 saturated carbocycles. The Kier molecular flexibility index (Phi) is 9.88. The maximum atomic E-state index is 10.2. The molecule has 210 valence electrons. The van der Waals surface area contributed by atoms with Gasteiger partial charge in [-0.25, -0.2) is 0 Å². The average molecular weight is 575 g/mol. The molecule has 2 aliphatic carbocycles. The lowest BCUT2D eigenvalue weighted by molar-refractivity contribution is 0.0987. The first kappa shape index (κ1) is 29.6. The number of ether oxygens (including phenoxy) is 1. The molecule has 0 radical (unpaired) electrons. The molecule has 0 aromatic carbocycles. The zero-order chi connectivity index (χ0) is 26.0. The lowest BCUT2D eigenvalue weighted by atomic mass is 9.86. The molecule has 4 aliphatic rings. The summed E-state index contributed by atoms with van der Waals surface area (Å²) in [5, 5.41) is 10.2. The van der Waals surface area contributed by atoms with Crippen molar-refractivity contribution in [3.05, 3.63) is 0 Å². The van der Waals surface area contributed by atoms with Crippen molar-refractivity contribution in [2.75, 3.05) is 0 Å². The molecular formula is C26H54O6Si4. The van der Waals surface area contributed by atoms with Crippen LogP contribution in [0.15, 0.2) is 0 Å². The van der Waals surface area contributed by atoms with Crippen LogP contribution in [-0.4, -0.2) is 57.7 Å². The van der Waals surface area contributed by atoms with Gasteiger partial charge in [-0.05, 0) is 107 Å². The quantitative estimate of drug-likeness (QED) is 0.222. The molecule has 4 rings (SSSR count). The Bertz CT molecular complexity index is 675. The Morgan fingerprint density at radius 1 is 0.611 bits per heavy atom. The summed E-state index contributed by atoms with van der Waals surface area (Å²) in [4.78, 5) is 0. The second-order valence-corrected chi connectivity index (χ2v) is 27.4. The molecule has 36 heavy (non-hydrogen) atoms. The molecule has 10 heteroatoms. The number of aliphatic hydroxyl groups excluding tert-OH is 1. The summed E-state index contributed by atoms with van der Waals surface area (Å²) in [7, 11) is -9.85. The molecule has 2 aliphatic heterocycles. The number of hydrogen-bond donors (Lipinski definition) is 1. The van der Waals surface area contributed by atoms with E-state index in [9.17, 15) is 5.11 Å². The third-order valence-electron chi connectivity index (χ3n) is 9.02. The molecule has 6 nitrogen and oxygen atoms in total. The van der Waals surface area contributed by atoms with Crippen LogP contribution in [-0.2, 0) is 21.2 Å². The monoisotopic (exact) mass is 574 g/mol. The van der Waals surface area contributed by atoms with E-state index in [1.807, 2.05) is 0 Å². The second-order valence-electron chi connectivity index (χ2n) is 13.1. The van der Waals surface area contributed by atoms with Crippen LogP contribution in [0.4, 0.5) is 0 Å². The lowest BCUT2D eigenvalue weighted by Crippen LogP contribution is -2.67. The Hall–Kier alpha value is 0.628. The first-order valence-corrected chi connectivity index (χ1v) is 25.2. The van der Waals surface area contributed by atoms with E-state index < -0.39 is 34.2 Å². The molecule has 2 saturated heterocycles. The van der Waals surface area contributed by atoms with Gasteiger partial charge >= 0.3 is 34.2 Å². The molecule has 0 spiro atoms. The van der Waals surface area contributed by atoms with Crippen LogP contribution in [0.1, 0.15) is 84.5 Å². The van der Waals surface area contributed by atoms with Crippen molar-refractivity contribution >= 4 is 34.2 Å². The summed E-state index contributed by atoms with van der Waals surface area (Å²) in [6.07, 6.45) is 13.4. The van der Waals surface area contributed by atoms with Gasteiger partial charge in [0.25, 0.3) is 0 Å². The van der Waals surface area contributed by atoms with Crippen molar-refractivity contribution in [1.29, 1.82) is 0 Å². The van der Waals surface area contributed by atoms with Crippen molar-refractivity contribution < 1.29 is 26.3 Å². The van der Waals surface area contributed by atoms with Crippen LogP contribution >= 0.6 is 0 Å². The summed E-state index contributed by atoms with van der Waals surface area (Å²) >= 11 is 0. The molecule has 0 aromatic rings. The standard InChI is InChI=1S/C26H54O6Si4/c1-7-16-33(3)29-35(5,18-14-22-10-9-11-24(27)20-22)30-34(4,17-8-2)32-36(6,31-33)19-15-23-12-13-25-26(21-23)28-25/h22-27H,7-21H2,1-6H3. The maximum absolute atomic E-state index is 10.2. The van der Waals surface area contributed by atoms with E-state index >= 15 is 0 Å². The smallest absolute Gasteiger partial charge is 0.317 e. The van der Waals surface area contributed by atoms with Crippen LogP contribution < -0.4 is 0 Å². The van der Waals surface area contributed by atoms with Gasteiger partial charge in [-0.15, -0.1) is 0 Å². The van der Waals surface area contributed by atoms with Gasteiger partial charge in [-0.1, -0.05) is 39.5 Å². The topological polar surface area (TPSA) is 69.7 Å². The lowest BCUT2D eigenvalue weighted by Gasteiger charge is -2.51. The van der Waals surface area contributed by atoms with Crippen LogP contribution in [0.25, 0.3) is 0 Å². The fourth-order valence-corrected chi connectivity index (χ4v) is 31.2. The van der Waals surface area contributed by atoms with E-state index in [2.05, 4.69) is 40.0 Å². The molecule has 7 unspecified atom stereocenters. The van der Waals surface area contributed by atoms with Crippen LogP contribution in [0, 0.1) is 11.8 Å². The van der Waals surface area contributed by atoms with Gasteiger partial charge in [0.15, 0.2) is 0 Å². The third kappa shape index (κ3) is 8.08. The highest BCUT2D eigenvalue weighted by atomic mass is 28.5. The van der Waals surface area contributed by atoms with Crippen molar-refractivity contribution in [3.63, 3.8) is 0 Å². The highest BCUT2D eigenvalue weighted by Gasteiger charge is 2.56. The Morgan fingerprint density at radius 3 is 1.58 bits per heavy atom.